The van der Waals surface area contributed by atoms with Crippen LogP contribution in [-0.2, 0) is 15.8 Å². The SMILES string of the molecule is C[C@H]1[C@@H](O[Si](C)(C)C(C)(C)C)C[C@@H](N)CN1C(=O)OCc1ccccc1. The molecule has 6 heteroatoms. The van der Waals surface area contributed by atoms with Crippen molar-refractivity contribution in [3.8, 4) is 0 Å². The van der Waals surface area contributed by atoms with Crippen LogP contribution in [0.1, 0.15) is 39.7 Å². The minimum absolute atomic E-state index is 0.0489. The van der Waals surface area contributed by atoms with E-state index in [1.807, 2.05) is 37.3 Å². The van der Waals surface area contributed by atoms with Gasteiger partial charge < -0.3 is 19.8 Å². The summed E-state index contributed by atoms with van der Waals surface area (Å²) in [5, 5.41) is 0.118. The molecule has 0 unspecified atom stereocenters. The van der Waals surface area contributed by atoms with Gasteiger partial charge in [0, 0.05) is 12.6 Å². The highest BCUT2D eigenvalue weighted by atomic mass is 28.4. The fourth-order valence-electron chi connectivity index (χ4n) is 2.93. The maximum atomic E-state index is 12.6. The monoisotopic (exact) mass is 378 g/mol. The number of benzene rings is 1. The molecule has 5 nitrogen and oxygen atoms in total. The number of hydrogen-bond donors (Lipinski definition) is 1. The number of carbonyl (C=O) groups is 1. The van der Waals surface area contributed by atoms with Gasteiger partial charge in [0.05, 0.1) is 12.1 Å². The lowest BCUT2D eigenvalue weighted by Gasteiger charge is -2.46. The third kappa shape index (κ3) is 5.08. The molecule has 1 aromatic carbocycles. The molecular formula is C20H34N2O3Si. The summed E-state index contributed by atoms with van der Waals surface area (Å²) in [6.45, 7) is 13.9. The summed E-state index contributed by atoms with van der Waals surface area (Å²) >= 11 is 0. The summed E-state index contributed by atoms with van der Waals surface area (Å²) in [6.07, 6.45) is 0.403. The second-order valence-electron chi connectivity index (χ2n) is 8.85. The molecule has 2 N–H and O–H groups in total. The molecule has 1 aliphatic heterocycles. The Hall–Kier alpha value is -1.37. The number of ether oxygens (including phenoxy) is 1. The quantitative estimate of drug-likeness (QED) is 0.800. The van der Waals surface area contributed by atoms with Gasteiger partial charge in [-0.25, -0.2) is 4.79 Å². The van der Waals surface area contributed by atoms with E-state index in [2.05, 4.69) is 33.9 Å². The minimum Gasteiger partial charge on any atom is -0.445 e. The summed E-state index contributed by atoms with van der Waals surface area (Å²) in [4.78, 5) is 14.4. The van der Waals surface area contributed by atoms with E-state index >= 15 is 0 Å². The second-order valence-corrected chi connectivity index (χ2v) is 13.6. The Morgan fingerprint density at radius 3 is 2.46 bits per heavy atom. The smallest absolute Gasteiger partial charge is 0.410 e. The van der Waals surface area contributed by atoms with Gasteiger partial charge in [-0.15, -0.1) is 0 Å². The fraction of sp³-hybridized carbons (Fsp3) is 0.650. The van der Waals surface area contributed by atoms with E-state index in [9.17, 15) is 4.79 Å². The zero-order valence-corrected chi connectivity index (χ0v) is 18.0. The summed E-state index contributed by atoms with van der Waals surface area (Å²) in [5.41, 5.74) is 7.21. The lowest BCUT2D eigenvalue weighted by atomic mass is 9.97. The van der Waals surface area contributed by atoms with Crippen molar-refractivity contribution >= 4 is 14.4 Å². The van der Waals surface area contributed by atoms with Crippen LogP contribution in [0.2, 0.25) is 18.1 Å². The van der Waals surface area contributed by atoms with E-state index in [0.717, 1.165) is 12.0 Å². The van der Waals surface area contributed by atoms with Crippen molar-refractivity contribution in [2.45, 2.75) is 77.0 Å². The number of nitrogens with two attached hydrogens (primary N) is 1. The molecule has 0 aromatic heterocycles. The van der Waals surface area contributed by atoms with Gasteiger partial charge in [-0.05, 0) is 37.0 Å². The Bertz CT molecular complexity index is 601. The molecule has 146 valence electrons. The van der Waals surface area contributed by atoms with Gasteiger partial charge in [0.1, 0.15) is 6.61 Å². The number of carbonyl (C=O) groups excluding carboxylic acids is 1. The van der Waals surface area contributed by atoms with Crippen molar-refractivity contribution in [2.75, 3.05) is 6.54 Å². The lowest BCUT2D eigenvalue weighted by molar-refractivity contribution is 0.00924. The largest absolute Gasteiger partial charge is 0.445 e. The van der Waals surface area contributed by atoms with Gasteiger partial charge in [-0.1, -0.05) is 51.1 Å². The Balaban J connectivity index is 2.03. The van der Waals surface area contributed by atoms with E-state index in [1.165, 1.54) is 0 Å². The number of amides is 1. The van der Waals surface area contributed by atoms with Crippen LogP contribution in [0.5, 0.6) is 0 Å². The third-order valence-corrected chi connectivity index (χ3v) is 10.2. The Morgan fingerprint density at radius 2 is 1.88 bits per heavy atom. The predicted molar refractivity (Wildman–Crippen MR) is 107 cm³/mol. The maximum Gasteiger partial charge on any atom is 0.410 e. The van der Waals surface area contributed by atoms with Crippen molar-refractivity contribution < 1.29 is 14.0 Å². The highest BCUT2D eigenvalue weighted by Crippen LogP contribution is 2.39. The molecule has 1 aliphatic rings. The zero-order chi connectivity index (χ0) is 19.5. The first-order valence-electron chi connectivity index (χ1n) is 9.42. The highest BCUT2D eigenvalue weighted by molar-refractivity contribution is 6.74. The average molecular weight is 379 g/mol. The van der Waals surface area contributed by atoms with Crippen LogP contribution >= 0.6 is 0 Å². The predicted octanol–water partition coefficient (Wildman–Crippen LogP) is 4.14. The van der Waals surface area contributed by atoms with Crippen LogP contribution in [0.25, 0.3) is 0 Å². The molecule has 1 heterocycles. The van der Waals surface area contributed by atoms with Gasteiger partial charge in [-0.2, -0.15) is 0 Å². The van der Waals surface area contributed by atoms with Crippen molar-refractivity contribution in [3.05, 3.63) is 35.9 Å². The molecule has 2 rings (SSSR count). The molecule has 1 amide bonds. The normalized spacial score (nSPS) is 24.4. The summed E-state index contributed by atoms with van der Waals surface area (Å²) in [5.74, 6) is 0. The minimum atomic E-state index is -1.93. The molecule has 1 saturated heterocycles. The van der Waals surface area contributed by atoms with Gasteiger partial charge >= 0.3 is 6.09 Å². The number of rotatable bonds is 4. The van der Waals surface area contributed by atoms with Gasteiger partial charge in [0.2, 0.25) is 0 Å². The van der Waals surface area contributed by atoms with Crippen LogP contribution in [0.15, 0.2) is 30.3 Å². The van der Waals surface area contributed by atoms with Crippen LogP contribution in [-0.4, -0.2) is 44.0 Å². The van der Waals surface area contributed by atoms with Crippen molar-refractivity contribution in [1.29, 1.82) is 0 Å². The number of likely N-dealkylation sites (tertiary alicyclic amines) is 1. The molecule has 3 atom stereocenters. The van der Waals surface area contributed by atoms with Gasteiger partial charge in [-0.3, -0.25) is 0 Å². The first-order chi connectivity index (χ1) is 12.0. The Morgan fingerprint density at radius 1 is 1.27 bits per heavy atom. The summed E-state index contributed by atoms with van der Waals surface area (Å²) < 4.78 is 12.1. The molecule has 0 radical (unpaired) electrons. The number of piperidine rings is 1. The van der Waals surface area contributed by atoms with Crippen molar-refractivity contribution in [3.63, 3.8) is 0 Å². The Kier molecular flexibility index (Phi) is 6.53. The van der Waals surface area contributed by atoms with E-state index in [1.54, 1.807) is 4.90 Å². The number of hydrogen-bond acceptors (Lipinski definition) is 4. The molecular weight excluding hydrogens is 344 g/mol. The van der Waals surface area contributed by atoms with Crippen LogP contribution in [0, 0.1) is 0 Å². The fourth-order valence-corrected chi connectivity index (χ4v) is 4.34. The molecule has 0 saturated carbocycles. The molecule has 1 aromatic rings. The first kappa shape index (κ1) is 20.9. The van der Waals surface area contributed by atoms with Gasteiger partial charge in [0.15, 0.2) is 8.32 Å². The van der Waals surface area contributed by atoms with E-state index in [4.69, 9.17) is 14.9 Å². The highest BCUT2D eigenvalue weighted by Gasteiger charge is 2.44. The second kappa shape index (κ2) is 8.11. The maximum absolute atomic E-state index is 12.6. The average Bonchev–Trinajstić information content (AvgIpc) is 2.55. The van der Waals surface area contributed by atoms with Crippen LogP contribution in [0.3, 0.4) is 0 Å². The molecule has 1 fully saturated rings. The topological polar surface area (TPSA) is 64.8 Å². The summed E-state index contributed by atoms with van der Waals surface area (Å²) in [6, 6.07) is 9.57. The molecule has 0 spiro atoms. The van der Waals surface area contributed by atoms with Crippen LogP contribution in [0.4, 0.5) is 4.79 Å². The Labute approximate surface area is 159 Å². The lowest BCUT2D eigenvalue weighted by Crippen LogP contribution is -2.60. The standard InChI is InChI=1S/C20H34N2O3Si/c1-15-18(25-26(5,6)20(2,3)4)12-17(21)13-22(15)19(23)24-14-16-10-8-7-9-11-16/h7-11,15,17-18H,12-14,21H2,1-6H3/t15-,17+,18-/m0/s1. The van der Waals surface area contributed by atoms with Gasteiger partial charge in [0.25, 0.3) is 0 Å². The molecule has 0 bridgehead atoms. The van der Waals surface area contributed by atoms with Crippen molar-refractivity contribution in [1.82, 2.24) is 4.90 Å². The van der Waals surface area contributed by atoms with E-state index in [0.29, 0.717) is 6.54 Å². The number of nitrogens with zero attached hydrogens (tertiary/aromatic N) is 1. The summed E-state index contributed by atoms with van der Waals surface area (Å²) in [7, 11) is -1.93. The molecule has 0 aliphatic carbocycles. The first-order valence-corrected chi connectivity index (χ1v) is 12.3. The third-order valence-electron chi connectivity index (χ3n) is 5.69. The molecule has 26 heavy (non-hydrogen) atoms. The van der Waals surface area contributed by atoms with Crippen LogP contribution < -0.4 is 5.73 Å². The zero-order valence-electron chi connectivity index (χ0n) is 17.0. The van der Waals surface area contributed by atoms with E-state index in [-0.39, 0.29) is 35.9 Å². The van der Waals surface area contributed by atoms with Crippen molar-refractivity contribution in [2.24, 2.45) is 5.73 Å². The van der Waals surface area contributed by atoms with E-state index < -0.39 is 8.32 Å².